The third-order valence-corrected chi connectivity index (χ3v) is 4.89. The molecule has 0 fully saturated rings. The zero-order chi connectivity index (χ0) is 22.2. The fourth-order valence-electron chi connectivity index (χ4n) is 3.62. The van der Waals surface area contributed by atoms with Crippen LogP contribution in [-0.4, -0.2) is 57.6 Å². The Kier molecular flexibility index (Phi) is 5.25. The number of aromatic amines is 1. The first-order valence-electron chi connectivity index (χ1n) is 9.93. The smallest absolute Gasteiger partial charge is 0.408 e. The highest BCUT2D eigenvalue weighted by Gasteiger charge is 2.45. The minimum Gasteiger partial charge on any atom is -0.489 e. The van der Waals surface area contributed by atoms with Gasteiger partial charge in [-0.1, -0.05) is 17.3 Å². The van der Waals surface area contributed by atoms with E-state index in [0.717, 1.165) is 5.56 Å². The van der Waals surface area contributed by atoms with Crippen LogP contribution in [0.2, 0.25) is 0 Å². The van der Waals surface area contributed by atoms with Crippen molar-refractivity contribution in [3.05, 3.63) is 35.7 Å². The summed E-state index contributed by atoms with van der Waals surface area (Å²) in [6.07, 6.45) is 1.18. The van der Waals surface area contributed by atoms with Crippen LogP contribution in [0.4, 0.5) is 10.5 Å². The lowest BCUT2D eigenvalue weighted by atomic mass is 10.1. The van der Waals surface area contributed by atoms with E-state index in [0.29, 0.717) is 23.6 Å². The summed E-state index contributed by atoms with van der Waals surface area (Å²) in [6, 6.07) is 3.63. The highest BCUT2D eigenvalue weighted by Crippen LogP contribution is 2.42. The molecular weight excluding hydrogens is 404 g/mol. The quantitative estimate of drug-likeness (QED) is 0.650. The number of amides is 3. The van der Waals surface area contributed by atoms with Crippen LogP contribution in [0.5, 0.6) is 5.75 Å². The Morgan fingerprint density at radius 1 is 1.35 bits per heavy atom. The lowest BCUT2D eigenvalue weighted by Crippen LogP contribution is -2.56. The standard InChI is InChI=1S/C20H24N6O5/c1-20(2,3)31-19(29)23-13-10-30-15-6-4-5-11-7-14(26(16(11)15)18(13)28)17(27)21-8-12-9-22-25-24-12/h4-6,9,13-14H,7-8,10H2,1-3H3,(H,21,27)(H,23,29)(H,22,24,25)/t13-,14+/m0/s1. The summed E-state index contributed by atoms with van der Waals surface area (Å²) in [6.45, 7) is 5.30. The van der Waals surface area contributed by atoms with Crippen molar-refractivity contribution in [2.45, 2.75) is 51.4 Å². The third-order valence-electron chi connectivity index (χ3n) is 4.89. The lowest BCUT2D eigenvalue weighted by Gasteiger charge is -2.27. The van der Waals surface area contributed by atoms with Gasteiger partial charge in [-0.15, -0.1) is 5.10 Å². The Hall–Kier alpha value is -3.63. The molecule has 0 spiro atoms. The molecule has 0 radical (unpaired) electrons. The van der Waals surface area contributed by atoms with Crippen molar-refractivity contribution < 1.29 is 23.9 Å². The molecule has 164 valence electrons. The summed E-state index contributed by atoms with van der Waals surface area (Å²) in [7, 11) is 0. The van der Waals surface area contributed by atoms with Gasteiger partial charge in [-0.3, -0.25) is 19.6 Å². The Bertz CT molecular complexity index is 1000. The number of hydrogen-bond donors (Lipinski definition) is 3. The van der Waals surface area contributed by atoms with E-state index >= 15 is 0 Å². The third kappa shape index (κ3) is 4.30. The van der Waals surface area contributed by atoms with E-state index < -0.39 is 29.7 Å². The summed E-state index contributed by atoms with van der Waals surface area (Å²) in [4.78, 5) is 40.0. The van der Waals surface area contributed by atoms with Crippen molar-refractivity contribution in [1.29, 1.82) is 0 Å². The van der Waals surface area contributed by atoms with Gasteiger partial charge in [0.05, 0.1) is 12.2 Å². The van der Waals surface area contributed by atoms with Gasteiger partial charge >= 0.3 is 6.09 Å². The molecule has 3 N–H and O–H groups in total. The first kappa shape index (κ1) is 20.6. The van der Waals surface area contributed by atoms with Crippen molar-refractivity contribution >= 4 is 23.6 Å². The van der Waals surface area contributed by atoms with E-state index in [1.807, 2.05) is 12.1 Å². The number of ether oxygens (including phenoxy) is 2. The van der Waals surface area contributed by atoms with Crippen LogP contribution in [0.3, 0.4) is 0 Å². The summed E-state index contributed by atoms with van der Waals surface area (Å²) < 4.78 is 11.1. The molecule has 2 aliphatic heterocycles. The largest absolute Gasteiger partial charge is 0.489 e. The van der Waals surface area contributed by atoms with Crippen LogP contribution >= 0.6 is 0 Å². The number of nitrogens with one attached hydrogen (secondary N) is 3. The number of nitrogens with zero attached hydrogens (tertiary/aromatic N) is 3. The van der Waals surface area contributed by atoms with Crippen LogP contribution in [0.15, 0.2) is 24.4 Å². The number of aromatic nitrogens is 3. The van der Waals surface area contributed by atoms with Crippen LogP contribution < -0.4 is 20.3 Å². The monoisotopic (exact) mass is 428 g/mol. The Morgan fingerprint density at radius 3 is 2.87 bits per heavy atom. The van der Waals surface area contributed by atoms with Crippen LogP contribution in [0.1, 0.15) is 32.0 Å². The molecule has 0 saturated heterocycles. The highest BCUT2D eigenvalue weighted by molar-refractivity contribution is 6.08. The summed E-state index contributed by atoms with van der Waals surface area (Å²) in [5.74, 6) is -0.279. The van der Waals surface area contributed by atoms with Gasteiger partial charge in [0.2, 0.25) is 5.91 Å². The van der Waals surface area contributed by atoms with Crippen LogP contribution in [0, 0.1) is 0 Å². The Morgan fingerprint density at radius 2 is 2.16 bits per heavy atom. The Labute approximate surface area is 178 Å². The van der Waals surface area contributed by atoms with E-state index in [2.05, 4.69) is 26.0 Å². The summed E-state index contributed by atoms with van der Waals surface area (Å²) in [5.41, 5.74) is 1.24. The molecule has 0 bridgehead atoms. The molecule has 11 nitrogen and oxygen atoms in total. The summed E-state index contributed by atoms with van der Waals surface area (Å²) >= 11 is 0. The molecule has 2 aliphatic rings. The van der Waals surface area contributed by atoms with E-state index in [1.54, 1.807) is 33.0 Å². The fourth-order valence-corrected chi connectivity index (χ4v) is 3.62. The second-order valence-electron chi connectivity index (χ2n) is 8.38. The van der Waals surface area contributed by atoms with Crippen molar-refractivity contribution in [2.24, 2.45) is 0 Å². The predicted octanol–water partition coefficient (Wildman–Crippen LogP) is 0.665. The number of H-pyrrole nitrogens is 1. The van der Waals surface area contributed by atoms with Gasteiger partial charge in [-0.05, 0) is 32.4 Å². The number of anilines is 1. The fraction of sp³-hybridized carbons (Fsp3) is 0.450. The molecule has 0 aliphatic carbocycles. The molecule has 2 aromatic rings. The predicted molar refractivity (Wildman–Crippen MR) is 108 cm³/mol. The number of hydrogen-bond acceptors (Lipinski definition) is 7. The lowest BCUT2D eigenvalue weighted by molar-refractivity contribution is -0.127. The molecule has 0 unspecified atom stereocenters. The molecule has 0 saturated carbocycles. The van der Waals surface area contributed by atoms with Gasteiger partial charge < -0.3 is 20.1 Å². The molecule has 1 aromatic heterocycles. The number of rotatable bonds is 4. The van der Waals surface area contributed by atoms with E-state index in [1.165, 1.54) is 4.90 Å². The zero-order valence-electron chi connectivity index (χ0n) is 17.5. The minimum atomic E-state index is -1.00. The molecule has 3 heterocycles. The number of benzene rings is 1. The number of alkyl carbamates (subject to hydrolysis) is 1. The maximum absolute atomic E-state index is 13.4. The summed E-state index contributed by atoms with van der Waals surface area (Å²) in [5, 5.41) is 15.4. The highest BCUT2D eigenvalue weighted by atomic mass is 16.6. The molecular formula is C20H24N6O5. The van der Waals surface area contributed by atoms with Crippen LogP contribution in [-0.2, 0) is 27.3 Å². The molecule has 1 aromatic carbocycles. The van der Waals surface area contributed by atoms with Crippen molar-refractivity contribution in [2.75, 3.05) is 11.5 Å². The average molecular weight is 428 g/mol. The van der Waals surface area contributed by atoms with Gasteiger partial charge in [0, 0.05) is 12.6 Å². The minimum absolute atomic E-state index is 0.0711. The number of carbonyl (C=O) groups excluding carboxylic acids is 3. The van der Waals surface area contributed by atoms with Gasteiger partial charge in [-0.2, -0.15) is 0 Å². The average Bonchev–Trinajstić information content (AvgIpc) is 3.32. The van der Waals surface area contributed by atoms with Crippen molar-refractivity contribution in [3.63, 3.8) is 0 Å². The van der Waals surface area contributed by atoms with Gasteiger partial charge in [0.1, 0.15) is 35.7 Å². The Balaban J connectivity index is 1.56. The number of para-hydroxylation sites is 1. The van der Waals surface area contributed by atoms with Gasteiger partial charge in [0.25, 0.3) is 5.91 Å². The maximum Gasteiger partial charge on any atom is 0.408 e. The second kappa shape index (κ2) is 7.89. The second-order valence-corrected chi connectivity index (χ2v) is 8.38. The normalized spacial score (nSPS) is 19.8. The van der Waals surface area contributed by atoms with Gasteiger partial charge in [-0.25, -0.2) is 4.79 Å². The van der Waals surface area contributed by atoms with Crippen molar-refractivity contribution in [1.82, 2.24) is 26.0 Å². The SMILES string of the molecule is CC(C)(C)OC(=O)N[C@H]1COc2cccc3c2N(C1=O)[C@@H](C(=O)NCc1c[nH]nn1)C3. The number of carbonyl (C=O) groups is 3. The van der Waals surface area contributed by atoms with Crippen LogP contribution in [0.25, 0.3) is 0 Å². The zero-order valence-corrected chi connectivity index (χ0v) is 17.5. The maximum atomic E-state index is 13.4. The van der Waals surface area contributed by atoms with Gasteiger partial charge in [0.15, 0.2) is 0 Å². The van der Waals surface area contributed by atoms with E-state index in [9.17, 15) is 14.4 Å². The molecule has 4 rings (SSSR count). The van der Waals surface area contributed by atoms with E-state index in [-0.39, 0.29) is 19.1 Å². The topological polar surface area (TPSA) is 139 Å². The van der Waals surface area contributed by atoms with Crippen molar-refractivity contribution in [3.8, 4) is 5.75 Å². The molecule has 3 amide bonds. The molecule has 2 atom stereocenters. The van der Waals surface area contributed by atoms with E-state index in [4.69, 9.17) is 9.47 Å². The first-order chi connectivity index (χ1) is 14.7. The molecule has 11 heteroatoms. The first-order valence-corrected chi connectivity index (χ1v) is 9.93. The molecule has 31 heavy (non-hydrogen) atoms.